The Labute approximate surface area is 266 Å². The molecule has 46 heavy (non-hydrogen) atoms. The molecule has 0 spiro atoms. The number of aromatic nitrogens is 2. The minimum atomic E-state index is 0.423. The molecule has 0 bridgehead atoms. The molecular weight excluding hydrogens is 556 g/mol. The molecule has 2 aromatic heterocycles. The van der Waals surface area contributed by atoms with Crippen LogP contribution in [0.25, 0.3) is 83.4 Å². The Balaban J connectivity index is 1.10. The van der Waals surface area contributed by atoms with Crippen molar-refractivity contribution in [3.63, 3.8) is 0 Å². The quantitative estimate of drug-likeness (QED) is 0.208. The first-order valence-corrected chi connectivity index (χ1v) is 16.5. The van der Waals surface area contributed by atoms with Crippen molar-refractivity contribution in [1.82, 2.24) is 9.55 Å². The lowest BCUT2D eigenvalue weighted by Crippen LogP contribution is -2.20. The smallest absolute Gasteiger partial charge is 0.0550 e. The van der Waals surface area contributed by atoms with E-state index in [0.717, 1.165) is 12.8 Å². The zero-order valence-electron chi connectivity index (χ0n) is 25.3. The number of H-pyrrole nitrogens is 1. The fourth-order valence-electron chi connectivity index (χ4n) is 9.02. The topological polar surface area (TPSA) is 20.7 Å². The molecule has 2 unspecified atom stereocenters. The average Bonchev–Trinajstić information content (AvgIpc) is 3.77. The van der Waals surface area contributed by atoms with Gasteiger partial charge in [-0.1, -0.05) is 103 Å². The van der Waals surface area contributed by atoms with E-state index in [1.54, 1.807) is 0 Å². The largest absolute Gasteiger partial charge is 0.355 e. The highest BCUT2D eigenvalue weighted by Gasteiger charge is 2.32. The SMILES string of the molecule is C1=CC(C2C=Cc3c(c4c5cccc6c5c(cc4n3-c3ccccc3)-c3ccccc3-6)C2)Cc2c1[nH]c1ccc3ccccc3c21. The fourth-order valence-corrected chi connectivity index (χ4v) is 9.02. The maximum atomic E-state index is 3.73. The van der Waals surface area contributed by atoms with Gasteiger partial charge in [-0.3, -0.25) is 0 Å². The van der Waals surface area contributed by atoms with Gasteiger partial charge < -0.3 is 9.55 Å². The van der Waals surface area contributed by atoms with Crippen molar-refractivity contribution in [2.24, 2.45) is 11.8 Å². The van der Waals surface area contributed by atoms with Gasteiger partial charge in [-0.2, -0.15) is 0 Å². The van der Waals surface area contributed by atoms with Crippen LogP contribution in [-0.4, -0.2) is 9.55 Å². The second kappa shape index (κ2) is 8.99. The van der Waals surface area contributed by atoms with Crippen LogP contribution >= 0.6 is 0 Å². The van der Waals surface area contributed by atoms with Crippen molar-refractivity contribution in [3.05, 3.63) is 150 Å². The van der Waals surface area contributed by atoms with E-state index in [-0.39, 0.29) is 0 Å². The van der Waals surface area contributed by atoms with Crippen LogP contribution in [0.1, 0.15) is 22.5 Å². The van der Waals surface area contributed by atoms with E-state index in [1.165, 1.54) is 93.8 Å². The minimum absolute atomic E-state index is 0.423. The zero-order chi connectivity index (χ0) is 29.9. The van der Waals surface area contributed by atoms with E-state index in [9.17, 15) is 0 Å². The van der Waals surface area contributed by atoms with E-state index >= 15 is 0 Å². The number of para-hydroxylation sites is 1. The average molecular weight is 587 g/mol. The molecule has 1 N–H and O–H groups in total. The van der Waals surface area contributed by atoms with Crippen molar-refractivity contribution in [3.8, 4) is 27.9 Å². The molecular formula is C44H30N2. The molecule has 3 aliphatic carbocycles. The second-order valence-corrected chi connectivity index (χ2v) is 13.3. The lowest BCUT2D eigenvalue weighted by molar-refractivity contribution is 0.467. The lowest BCUT2D eigenvalue weighted by Gasteiger charge is -2.28. The predicted octanol–water partition coefficient (Wildman–Crippen LogP) is 11.1. The van der Waals surface area contributed by atoms with Gasteiger partial charge in [0.05, 0.1) is 5.52 Å². The minimum Gasteiger partial charge on any atom is -0.355 e. The van der Waals surface area contributed by atoms with Gasteiger partial charge >= 0.3 is 0 Å². The van der Waals surface area contributed by atoms with Crippen LogP contribution in [0.4, 0.5) is 0 Å². The summed E-state index contributed by atoms with van der Waals surface area (Å²) in [5, 5.41) is 8.26. The zero-order valence-corrected chi connectivity index (χ0v) is 25.3. The summed E-state index contributed by atoms with van der Waals surface area (Å²) in [4.78, 5) is 3.73. The predicted molar refractivity (Wildman–Crippen MR) is 193 cm³/mol. The first-order chi connectivity index (χ1) is 22.8. The Kier molecular flexibility index (Phi) is 4.82. The van der Waals surface area contributed by atoms with Crippen LogP contribution in [-0.2, 0) is 12.8 Å². The molecule has 0 saturated heterocycles. The number of hydrogen-bond acceptors (Lipinski definition) is 0. The molecule has 0 amide bonds. The summed E-state index contributed by atoms with van der Waals surface area (Å²) in [5.41, 5.74) is 14.7. The van der Waals surface area contributed by atoms with Gasteiger partial charge in [0.1, 0.15) is 0 Å². The Bertz CT molecular complexity index is 2640. The molecule has 0 radical (unpaired) electrons. The number of benzene rings is 6. The van der Waals surface area contributed by atoms with E-state index < -0.39 is 0 Å². The van der Waals surface area contributed by atoms with Crippen molar-refractivity contribution in [2.45, 2.75) is 12.8 Å². The maximum absolute atomic E-state index is 3.73. The van der Waals surface area contributed by atoms with E-state index in [4.69, 9.17) is 0 Å². The highest BCUT2D eigenvalue weighted by Crippen LogP contribution is 2.52. The highest BCUT2D eigenvalue weighted by molar-refractivity contribution is 6.24. The lowest BCUT2D eigenvalue weighted by atomic mass is 9.77. The molecule has 2 nitrogen and oxygen atoms in total. The Morgan fingerprint density at radius 1 is 0.543 bits per heavy atom. The van der Waals surface area contributed by atoms with Crippen LogP contribution in [0, 0.1) is 11.8 Å². The molecule has 2 heterocycles. The summed E-state index contributed by atoms with van der Waals surface area (Å²) in [7, 11) is 0. The Hall–Kier alpha value is -5.60. The van der Waals surface area contributed by atoms with Gasteiger partial charge in [0.25, 0.3) is 0 Å². The number of nitrogens with one attached hydrogen (secondary N) is 1. The van der Waals surface area contributed by atoms with Gasteiger partial charge in [-0.25, -0.2) is 0 Å². The Morgan fingerprint density at radius 3 is 2.15 bits per heavy atom. The van der Waals surface area contributed by atoms with Crippen LogP contribution in [0.3, 0.4) is 0 Å². The van der Waals surface area contributed by atoms with Crippen molar-refractivity contribution < 1.29 is 0 Å². The van der Waals surface area contributed by atoms with E-state index in [1.807, 2.05) is 0 Å². The number of aromatic amines is 1. The number of nitrogens with zero attached hydrogens (tertiary/aromatic N) is 1. The van der Waals surface area contributed by atoms with Gasteiger partial charge in [0.15, 0.2) is 0 Å². The molecule has 3 aliphatic rings. The Morgan fingerprint density at radius 2 is 1.26 bits per heavy atom. The van der Waals surface area contributed by atoms with Crippen molar-refractivity contribution in [2.75, 3.05) is 0 Å². The van der Waals surface area contributed by atoms with Gasteiger partial charge in [0, 0.05) is 33.4 Å². The third-order valence-electron chi connectivity index (χ3n) is 11.0. The van der Waals surface area contributed by atoms with Crippen molar-refractivity contribution >= 4 is 55.5 Å². The van der Waals surface area contributed by atoms with Crippen LogP contribution in [0.5, 0.6) is 0 Å². The summed E-state index contributed by atoms with van der Waals surface area (Å²) in [6.45, 7) is 0. The van der Waals surface area contributed by atoms with Gasteiger partial charge in [-0.05, 0) is 116 Å². The third-order valence-corrected chi connectivity index (χ3v) is 11.0. The van der Waals surface area contributed by atoms with Gasteiger partial charge in [-0.15, -0.1) is 0 Å². The number of hydrogen-bond donors (Lipinski definition) is 1. The first-order valence-electron chi connectivity index (χ1n) is 16.5. The molecule has 2 atom stereocenters. The standard InChI is InChI=1S/C44H30N2/c1-2-10-29(11-3-1)46-40-22-19-28(27-18-20-38-36(23-27)43-30-12-5-4-9-26(30)17-21-39(43)45-38)24-37(40)44-34-16-8-15-33-31-13-6-7-14-32(31)35(42(33)34)25-41(44)46/h1-22,25,27-28,45H,23-24H2. The van der Waals surface area contributed by atoms with Crippen LogP contribution in [0.15, 0.2) is 127 Å². The molecule has 0 fully saturated rings. The summed E-state index contributed by atoms with van der Waals surface area (Å²) >= 11 is 0. The monoisotopic (exact) mass is 586 g/mol. The van der Waals surface area contributed by atoms with E-state index in [2.05, 4.69) is 149 Å². The maximum Gasteiger partial charge on any atom is 0.0550 e. The fraction of sp³-hybridized carbons (Fsp3) is 0.0909. The van der Waals surface area contributed by atoms with Crippen LogP contribution in [0.2, 0.25) is 0 Å². The van der Waals surface area contributed by atoms with Crippen LogP contribution < -0.4 is 0 Å². The molecule has 11 rings (SSSR count). The second-order valence-electron chi connectivity index (χ2n) is 13.3. The molecule has 2 heteroatoms. The summed E-state index contributed by atoms with van der Waals surface area (Å²) in [5.74, 6) is 0.859. The molecule has 6 aromatic carbocycles. The summed E-state index contributed by atoms with van der Waals surface area (Å²) < 4.78 is 2.52. The number of allylic oxidation sites excluding steroid dienone is 2. The molecule has 0 saturated carbocycles. The number of fused-ring (bicyclic) bond motifs is 12. The van der Waals surface area contributed by atoms with Gasteiger partial charge in [0.2, 0.25) is 0 Å². The third kappa shape index (κ3) is 3.21. The summed E-state index contributed by atoms with van der Waals surface area (Å²) in [6.07, 6.45) is 11.8. The molecule has 8 aromatic rings. The van der Waals surface area contributed by atoms with E-state index in [0.29, 0.717) is 11.8 Å². The first kappa shape index (κ1) is 24.7. The summed E-state index contributed by atoms with van der Waals surface area (Å²) in [6, 6.07) is 42.6. The normalized spacial score (nSPS) is 17.7. The molecule has 216 valence electrons. The molecule has 0 aliphatic heterocycles. The number of rotatable bonds is 2. The highest BCUT2D eigenvalue weighted by atomic mass is 15.0. The van der Waals surface area contributed by atoms with Crippen molar-refractivity contribution in [1.29, 1.82) is 0 Å².